The number of carbonyl (C=O) groups is 1. The van der Waals surface area contributed by atoms with Gasteiger partial charge in [0.05, 0.1) is 16.7 Å². The van der Waals surface area contributed by atoms with E-state index < -0.39 is 30.1 Å². The summed E-state index contributed by atoms with van der Waals surface area (Å²) >= 11 is 11.9. The lowest BCUT2D eigenvalue weighted by molar-refractivity contribution is -0.142. The van der Waals surface area contributed by atoms with Crippen LogP contribution in [0.3, 0.4) is 0 Å². The Morgan fingerprint density at radius 3 is 2.48 bits per heavy atom. The summed E-state index contributed by atoms with van der Waals surface area (Å²) in [4.78, 5) is 21.3. The van der Waals surface area contributed by atoms with Crippen molar-refractivity contribution in [2.75, 3.05) is 23.4 Å². The summed E-state index contributed by atoms with van der Waals surface area (Å²) in [5, 5.41) is 3.38. The molecular formula is C22H19Cl2F3N4O2. The van der Waals surface area contributed by atoms with E-state index in [9.17, 15) is 18.0 Å². The first-order valence-electron chi connectivity index (χ1n) is 9.78. The van der Waals surface area contributed by atoms with E-state index >= 15 is 0 Å². The number of nitrogens with zero attached hydrogens (tertiary/aromatic N) is 3. The van der Waals surface area contributed by atoms with E-state index in [0.717, 1.165) is 0 Å². The molecule has 1 heterocycles. The van der Waals surface area contributed by atoms with E-state index in [1.165, 1.54) is 17.0 Å². The van der Waals surface area contributed by atoms with Crippen LogP contribution in [0.5, 0.6) is 0 Å². The highest BCUT2D eigenvalue weighted by Crippen LogP contribution is 2.36. The topological polar surface area (TPSA) is 67.3 Å². The highest BCUT2D eigenvalue weighted by atomic mass is 35.5. The van der Waals surface area contributed by atoms with Gasteiger partial charge in [0, 0.05) is 18.4 Å². The van der Waals surface area contributed by atoms with Gasteiger partial charge in [0.2, 0.25) is 5.95 Å². The predicted octanol–water partition coefficient (Wildman–Crippen LogP) is 6.12. The molecule has 0 amide bonds. The number of hydrogen-bond donors (Lipinski definition) is 1. The Balaban J connectivity index is 2.03. The largest absolute Gasteiger partial charge is 0.465 e. The molecule has 0 aliphatic heterocycles. The lowest BCUT2D eigenvalue weighted by Crippen LogP contribution is -2.33. The van der Waals surface area contributed by atoms with Crippen LogP contribution in [0.4, 0.5) is 30.6 Å². The molecule has 2 aromatic carbocycles. The molecule has 0 bridgehead atoms. The maximum Gasteiger partial charge on any atom is 0.421 e. The minimum absolute atomic E-state index is 0.00798. The van der Waals surface area contributed by atoms with Gasteiger partial charge in [-0.3, -0.25) is 4.79 Å². The molecule has 0 spiro atoms. The van der Waals surface area contributed by atoms with Crippen LogP contribution in [0, 0.1) is 0 Å². The number of anilines is 3. The Morgan fingerprint density at radius 2 is 1.85 bits per heavy atom. The van der Waals surface area contributed by atoms with E-state index in [0.29, 0.717) is 22.5 Å². The third kappa shape index (κ3) is 6.72. The van der Waals surface area contributed by atoms with Gasteiger partial charge in [-0.25, -0.2) is 4.98 Å². The van der Waals surface area contributed by atoms with Crippen LogP contribution in [0.2, 0.25) is 10.0 Å². The minimum Gasteiger partial charge on any atom is -0.465 e. The third-order valence-electron chi connectivity index (χ3n) is 4.39. The van der Waals surface area contributed by atoms with Crippen molar-refractivity contribution in [3.8, 4) is 0 Å². The molecule has 3 aromatic rings. The first kappa shape index (κ1) is 24.6. The van der Waals surface area contributed by atoms with Gasteiger partial charge < -0.3 is 15.0 Å². The fourth-order valence-corrected chi connectivity index (χ4v) is 3.25. The van der Waals surface area contributed by atoms with Crippen molar-refractivity contribution in [3.63, 3.8) is 0 Å². The molecule has 1 aromatic heterocycles. The summed E-state index contributed by atoms with van der Waals surface area (Å²) in [6.45, 7) is 1.27. The number of nitrogens with one attached hydrogen (secondary N) is 1. The van der Waals surface area contributed by atoms with Crippen LogP contribution in [0.15, 0.2) is 54.7 Å². The van der Waals surface area contributed by atoms with E-state index in [1.54, 1.807) is 43.3 Å². The predicted molar refractivity (Wildman–Crippen MR) is 121 cm³/mol. The zero-order chi connectivity index (χ0) is 24.0. The summed E-state index contributed by atoms with van der Waals surface area (Å²) in [5.41, 5.74) is 0.0325. The number of rotatable bonds is 8. The molecule has 0 aliphatic carbocycles. The second-order valence-corrected chi connectivity index (χ2v) is 7.64. The van der Waals surface area contributed by atoms with Gasteiger partial charge in [0.25, 0.3) is 0 Å². The lowest BCUT2D eigenvalue weighted by Gasteiger charge is -2.26. The van der Waals surface area contributed by atoms with Crippen molar-refractivity contribution in [1.29, 1.82) is 0 Å². The van der Waals surface area contributed by atoms with Crippen molar-refractivity contribution in [1.82, 2.24) is 9.97 Å². The molecule has 174 valence electrons. The molecule has 0 fully saturated rings. The average Bonchev–Trinajstić information content (AvgIpc) is 2.76. The fourth-order valence-electron chi connectivity index (χ4n) is 2.95. The van der Waals surface area contributed by atoms with Gasteiger partial charge in [0.15, 0.2) is 0 Å². The minimum atomic E-state index is -4.75. The molecule has 1 N–H and O–H groups in total. The summed E-state index contributed by atoms with van der Waals surface area (Å²) in [5.74, 6) is -1.26. The zero-order valence-corrected chi connectivity index (χ0v) is 18.9. The number of carbonyl (C=O) groups excluding carboxylic acids is 1. The first-order valence-corrected chi connectivity index (χ1v) is 10.5. The Hall–Kier alpha value is -3.04. The fraction of sp³-hybridized carbons (Fsp3) is 0.227. The molecular weight excluding hydrogens is 480 g/mol. The number of benzene rings is 2. The van der Waals surface area contributed by atoms with Crippen molar-refractivity contribution in [2.45, 2.75) is 19.6 Å². The average molecular weight is 499 g/mol. The van der Waals surface area contributed by atoms with Crippen LogP contribution in [-0.4, -0.2) is 29.1 Å². The lowest BCUT2D eigenvalue weighted by atomic mass is 10.2. The SMILES string of the molecule is CCOC(=O)CN(Cc1ccccc1)c1nc(Nc2ccc(Cl)c(Cl)c2)ncc1C(F)(F)F. The molecule has 0 aliphatic rings. The van der Waals surface area contributed by atoms with Crippen molar-refractivity contribution in [3.05, 3.63) is 75.9 Å². The summed E-state index contributed by atoms with van der Waals surface area (Å²) < 4.78 is 46.4. The molecule has 0 radical (unpaired) electrons. The van der Waals surface area contributed by atoms with E-state index in [-0.39, 0.29) is 24.1 Å². The number of alkyl halides is 3. The molecule has 33 heavy (non-hydrogen) atoms. The Kier molecular flexibility index (Phi) is 7.99. The van der Waals surface area contributed by atoms with E-state index in [1.807, 2.05) is 0 Å². The van der Waals surface area contributed by atoms with Crippen molar-refractivity contribution >= 4 is 46.6 Å². The third-order valence-corrected chi connectivity index (χ3v) is 5.13. The Morgan fingerprint density at radius 1 is 1.12 bits per heavy atom. The zero-order valence-electron chi connectivity index (χ0n) is 17.4. The molecule has 0 unspecified atom stereocenters. The number of aromatic nitrogens is 2. The van der Waals surface area contributed by atoms with Gasteiger partial charge in [-0.1, -0.05) is 53.5 Å². The van der Waals surface area contributed by atoms with Crippen LogP contribution in [0.25, 0.3) is 0 Å². The maximum absolute atomic E-state index is 13.8. The van der Waals surface area contributed by atoms with Gasteiger partial charge in [-0.05, 0) is 30.7 Å². The Bertz CT molecular complexity index is 1110. The van der Waals surface area contributed by atoms with Gasteiger partial charge in [-0.15, -0.1) is 0 Å². The monoisotopic (exact) mass is 498 g/mol. The maximum atomic E-state index is 13.8. The van der Waals surface area contributed by atoms with Crippen LogP contribution in [0.1, 0.15) is 18.1 Å². The smallest absolute Gasteiger partial charge is 0.421 e. The second kappa shape index (κ2) is 10.7. The van der Waals surface area contributed by atoms with Gasteiger partial charge in [0.1, 0.15) is 17.9 Å². The summed E-state index contributed by atoms with van der Waals surface area (Å²) in [6.07, 6.45) is -4.08. The molecule has 11 heteroatoms. The molecule has 0 saturated carbocycles. The van der Waals surface area contributed by atoms with Crippen molar-refractivity contribution < 1.29 is 22.7 Å². The highest BCUT2D eigenvalue weighted by molar-refractivity contribution is 6.42. The number of halogens is 5. The Labute approximate surface area is 198 Å². The van der Waals surface area contributed by atoms with Gasteiger partial charge in [-0.2, -0.15) is 18.2 Å². The van der Waals surface area contributed by atoms with Crippen LogP contribution < -0.4 is 10.2 Å². The number of ether oxygens (including phenoxy) is 1. The van der Waals surface area contributed by atoms with Crippen LogP contribution in [-0.2, 0) is 22.3 Å². The first-order chi connectivity index (χ1) is 15.7. The highest BCUT2D eigenvalue weighted by Gasteiger charge is 2.37. The van der Waals surface area contributed by atoms with E-state index in [4.69, 9.17) is 27.9 Å². The normalized spacial score (nSPS) is 11.2. The van der Waals surface area contributed by atoms with Crippen LogP contribution >= 0.6 is 23.2 Å². The summed E-state index contributed by atoms with van der Waals surface area (Å²) in [6, 6.07) is 13.4. The van der Waals surface area contributed by atoms with Gasteiger partial charge >= 0.3 is 12.1 Å². The molecule has 0 atom stereocenters. The number of esters is 1. The quantitative estimate of drug-likeness (QED) is 0.377. The molecule has 6 nitrogen and oxygen atoms in total. The van der Waals surface area contributed by atoms with Crippen molar-refractivity contribution in [2.24, 2.45) is 0 Å². The van der Waals surface area contributed by atoms with E-state index in [2.05, 4.69) is 15.3 Å². The summed E-state index contributed by atoms with van der Waals surface area (Å²) in [7, 11) is 0. The molecule has 0 saturated heterocycles. The molecule has 3 rings (SSSR count). The number of hydrogen-bond acceptors (Lipinski definition) is 6. The second-order valence-electron chi connectivity index (χ2n) is 6.83. The standard InChI is InChI=1S/C22H19Cl2F3N4O2/c1-2-33-19(32)13-31(12-14-6-4-3-5-7-14)20-16(22(25,26)27)11-28-21(30-20)29-15-8-9-17(23)18(24)10-15/h3-11H,2,12-13H2,1H3,(H,28,29,30).